The van der Waals surface area contributed by atoms with Gasteiger partial charge in [-0.1, -0.05) is 0 Å². The molecule has 3 saturated heterocycles. The van der Waals surface area contributed by atoms with Crippen molar-refractivity contribution in [2.45, 2.75) is 42.3 Å². The van der Waals surface area contributed by atoms with E-state index in [0.717, 1.165) is 6.42 Å². The van der Waals surface area contributed by atoms with Crippen molar-refractivity contribution in [3.05, 3.63) is 24.5 Å². The summed E-state index contributed by atoms with van der Waals surface area (Å²) in [6, 6.07) is 3.20. The van der Waals surface area contributed by atoms with E-state index in [9.17, 15) is 13.2 Å². The second kappa shape index (κ2) is 9.27. The molecule has 4 rings (SSSR count). The van der Waals surface area contributed by atoms with Crippen LogP contribution in [0, 0.1) is 0 Å². The highest BCUT2D eigenvalue weighted by atomic mass is 32.2. The van der Waals surface area contributed by atoms with Crippen molar-refractivity contribution in [2.75, 3.05) is 52.6 Å². The van der Waals surface area contributed by atoms with Crippen LogP contribution in [0.2, 0.25) is 0 Å². The molecule has 1 spiro atoms. The number of sulfonamides is 1. The summed E-state index contributed by atoms with van der Waals surface area (Å²) < 4.78 is 44.5. The highest BCUT2D eigenvalue weighted by Gasteiger charge is 2.43. The number of ether oxygens (including phenoxy) is 3. The van der Waals surface area contributed by atoms with Crippen molar-refractivity contribution >= 4 is 15.9 Å². The lowest BCUT2D eigenvalue weighted by molar-refractivity contribution is -0.162. The van der Waals surface area contributed by atoms with Crippen molar-refractivity contribution in [2.24, 2.45) is 0 Å². The van der Waals surface area contributed by atoms with Gasteiger partial charge in [0.25, 0.3) is 0 Å². The molecule has 1 atom stereocenters. The van der Waals surface area contributed by atoms with Gasteiger partial charge in [0.15, 0.2) is 0 Å². The fraction of sp³-hybridized carbons (Fsp3) is 0.700. The zero-order chi connectivity index (χ0) is 21.0. The number of morpholine rings is 1. The van der Waals surface area contributed by atoms with Crippen LogP contribution in [0.25, 0.3) is 0 Å². The predicted molar refractivity (Wildman–Crippen MR) is 107 cm³/mol. The van der Waals surface area contributed by atoms with Gasteiger partial charge >= 0.3 is 0 Å². The standard InChI is InChI=1S/C20H29N3O6S/c24-19(22-9-12-27-13-10-22)16-28-17-3-11-29-20(14-17)4-7-23(8-5-20)30(25,26)18-2-1-6-21-15-18/h1-2,6,15,17H,3-5,7-14,16H2. The monoisotopic (exact) mass is 439 g/mol. The summed E-state index contributed by atoms with van der Waals surface area (Å²) in [7, 11) is -3.54. The van der Waals surface area contributed by atoms with E-state index in [2.05, 4.69) is 4.98 Å². The maximum absolute atomic E-state index is 12.8. The molecule has 1 amide bonds. The van der Waals surface area contributed by atoms with E-state index in [4.69, 9.17) is 14.2 Å². The third-order valence-corrected chi connectivity index (χ3v) is 8.04. The Morgan fingerprint density at radius 3 is 2.67 bits per heavy atom. The number of aromatic nitrogens is 1. The van der Waals surface area contributed by atoms with Gasteiger partial charge in [-0.15, -0.1) is 0 Å². The maximum Gasteiger partial charge on any atom is 0.248 e. The van der Waals surface area contributed by atoms with Gasteiger partial charge in [0.1, 0.15) is 11.5 Å². The van der Waals surface area contributed by atoms with E-state index in [1.54, 1.807) is 23.2 Å². The topological polar surface area (TPSA) is 98.3 Å². The maximum atomic E-state index is 12.8. The van der Waals surface area contributed by atoms with Crippen molar-refractivity contribution in [1.29, 1.82) is 0 Å². The number of carbonyl (C=O) groups excluding carboxylic acids is 1. The Balaban J connectivity index is 1.30. The van der Waals surface area contributed by atoms with Gasteiger partial charge in [-0.05, 0) is 31.4 Å². The fourth-order valence-corrected chi connectivity index (χ4v) is 5.76. The zero-order valence-electron chi connectivity index (χ0n) is 17.1. The second-order valence-corrected chi connectivity index (χ2v) is 9.98. The summed E-state index contributed by atoms with van der Waals surface area (Å²) in [6.45, 7) is 3.80. The Morgan fingerprint density at radius 2 is 1.97 bits per heavy atom. The molecule has 0 aromatic carbocycles. The third kappa shape index (κ3) is 4.83. The quantitative estimate of drug-likeness (QED) is 0.665. The molecule has 1 aromatic heterocycles. The minimum atomic E-state index is -3.54. The molecule has 3 fully saturated rings. The lowest BCUT2D eigenvalue weighted by Crippen LogP contribution is -2.52. The SMILES string of the molecule is O=C(COC1CCOC2(CCN(S(=O)(=O)c3cccnc3)CC2)C1)N1CCOCC1. The molecular weight excluding hydrogens is 410 g/mol. The number of pyridine rings is 1. The van der Waals surface area contributed by atoms with Crippen LogP contribution < -0.4 is 0 Å². The first-order valence-corrected chi connectivity index (χ1v) is 11.9. The van der Waals surface area contributed by atoms with Crippen molar-refractivity contribution in [3.63, 3.8) is 0 Å². The molecular formula is C20H29N3O6S. The largest absolute Gasteiger partial charge is 0.378 e. The Labute approximate surface area is 177 Å². The molecule has 9 nitrogen and oxygen atoms in total. The Morgan fingerprint density at radius 1 is 1.20 bits per heavy atom. The summed E-state index contributed by atoms with van der Waals surface area (Å²) in [5.41, 5.74) is -0.383. The van der Waals surface area contributed by atoms with Gasteiger partial charge < -0.3 is 19.1 Å². The van der Waals surface area contributed by atoms with E-state index in [1.165, 1.54) is 10.5 Å². The van der Waals surface area contributed by atoms with Crippen LogP contribution in [0.15, 0.2) is 29.4 Å². The van der Waals surface area contributed by atoms with Crippen molar-refractivity contribution < 1.29 is 27.4 Å². The van der Waals surface area contributed by atoms with Gasteiger partial charge in [0.05, 0.1) is 24.9 Å². The summed E-state index contributed by atoms with van der Waals surface area (Å²) in [4.78, 5) is 18.2. The zero-order valence-corrected chi connectivity index (χ0v) is 17.9. The second-order valence-electron chi connectivity index (χ2n) is 8.04. The highest BCUT2D eigenvalue weighted by molar-refractivity contribution is 7.89. The molecule has 0 bridgehead atoms. The normalized spacial score (nSPS) is 25.3. The van der Waals surface area contributed by atoms with E-state index in [1.807, 2.05) is 0 Å². The smallest absolute Gasteiger partial charge is 0.248 e. The average molecular weight is 440 g/mol. The van der Waals surface area contributed by atoms with Crippen LogP contribution in [-0.4, -0.2) is 92.8 Å². The molecule has 0 N–H and O–H groups in total. The molecule has 0 saturated carbocycles. The summed E-state index contributed by atoms with van der Waals surface area (Å²) >= 11 is 0. The number of nitrogens with zero attached hydrogens (tertiary/aromatic N) is 3. The lowest BCUT2D eigenvalue weighted by Gasteiger charge is -2.45. The molecule has 1 aromatic rings. The van der Waals surface area contributed by atoms with Gasteiger partial charge in [-0.2, -0.15) is 4.31 Å². The van der Waals surface area contributed by atoms with Crippen LogP contribution in [0.5, 0.6) is 0 Å². The van der Waals surface area contributed by atoms with E-state index in [-0.39, 0.29) is 29.1 Å². The van der Waals surface area contributed by atoms with Crippen LogP contribution in [0.4, 0.5) is 0 Å². The molecule has 0 aliphatic carbocycles. The number of rotatable bonds is 5. The van der Waals surface area contributed by atoms with Gasteiger partial charge in [0, 0.05) is 51.6 Å². The Kier molecular flexibility index (Phi) is 6.69. The number of amides is 1. The molecule has 10 heteroatoms. The lowest BCUT2D eigenvalue weighted by atomic mass is 9.84. The predicted octanol–water partition coefficient (Wildman–Crippen LogP) is 0.659. The Hall–Kier alpha value is -1.59. The number of hydrogen-bond donors (Lipinski definition) is 0. The van der Waals surface area contributed by atoms with Gasteiger partial charge in [-0.25, -0.2) is 8.42 Å². The first-order valence-electron chi connectivity index (χ1n) is 10.5. The van der Waals surface area contributed by atoms with Gasteiger partial charge in [0.2, 0.25) is 15.9 Å². The minimum absolute atomic E-state index is 0.00350. The summed E-state index contributed by atoms with van der Waals surface area (Å²) in [5, 5.41) is 0. The fourth-order valence-electron chi connectivity index (χ4n) is 4.35. The van der Waals surface area contributed by atoms with Crippen LogP contribution in [0.1, 0.15) is 25.7 Å². The van der Waals surface area contributed by atoms with Crippen LogP contribution >= 0.6 is 0 Å². The average Bonchev–Trinajstić information content (AvgIpc) is 2.79. The first kappa shape index (κ1) is 21.6. The van der Waals surface area contributed by atoms with Crippen LogP contribution in [0.3, 0.4) is 0 Å². The number of carbonyl (C=O) groups is 1. The molecule has 30 heavy (non-hydrogen) atoms. The van der Waals surface area contributed by atoms with E-state index < -0.39 is 10.0 Å². The first-order chi connectivity index (χ1) is 14.5. The van der Waals surface area contributed by atoms with Crippen LogP contribution in [-0.2, 0) is 29.0 Å². The molecule has 0 radical (unpaired) electrons. The number of hydrogen-bond acceptors (Lipinski definition) is 7. The van der Waals surface area contributed by atoms with E-state index >= 15 is 0 Å². The van der Waals surface area contributed by atoms with Gasteiger partial charge in [-0.3, -0.25) is 9.78 Å². The molecule has 3 aliphatic rings. The summed E-state index contributed by atoms with van der Waals surface area (Å²) in [6.07, 6.45) is 5.55. The van der Waals surface area contributed by atoms with Crippen molar-refractivity contribution in [3.8, 4) is 0 Å². The minimum Gasteiger partial charge on any atom is -0.378 e. The third-order valence-electron chi connectivity index (χ3n) is 6.16. The molecule has 1 unspecified atom stereocenters. The summed E-state index contributed by atoms with van der Waals surface area (Å²) in [5.74, 6) is -0.00350. The molecule has 166 valence electrons. The number of piperidine rings is 1. The molecule has 4 heterocycles. The van der Waals surface area contributed by atoms with E-state index in [0.29, 0.717) is 65.3 Å². The Bertz CT molecular complexity index is 820. The highest BCUT2D eigenvalue weighted by Crippen LogP contribution is 2.37. The van der Waals surface area contributed by atoms with Crippen molar-refractivity contribution in [1.82, 2.24) is 14.2 Å². The molecule has 3 aliphatic heterocycles.